The molecule has 0 aliphatic carbocycles. The minimum absolute atomic E-state index is 0.0390. The van der Waals surface area contributed by atoms with Crippen molar-refractivity contribution in [1.29, 1.82) is 0 Å². The van der Waals surface area contributed by atoms with Gasteiger partial charge in [-0.05, 0) is 37.5 Å². The number of aryl methyl sites for hydroxylation is 1. The lowest BCUT2D eigenvalue weighted by atomic mass is 10.0. The second kappa shape index (κ2) is 12.7. The SMILES string of the molecule is CCOC(=O)CN1CCN(c2cc(Nc3ncc(C(=O)Nc4c(Cl)cc(F)cc4C(C)C)s3)nc(C)n2)CC1. The fraction of sp³-hybridized carbons (Fsp3) is 0.423. The highest BCUT2D eigenvalue weighted by Crippen LogP contribution is 2.33. The minimum atomic E-state index is -0.455. The average Bonchev–Trinajstić information content (AvgIpc) is 3.34. The Labute approximate surface area is 235 Å². The Hall–Kier alpha value is -3.35. The highest BCUT2D eigenvalue weighted by atomic mass is 35.5. The van der Waals surface area contributed by atoms with Gasteiger partial charge in [0, 0.05) is 32.2 Å². The number of nitrogens with one attached hydrogen (secondary N) is 2. The summed E-state index contributed by atoms with van der Waals surface area (Å²) >= 11 is 7.40. The van der Waals surface area contributed by atoms with Crippen LogP contribution in [0.3, 0.4) is 0 Å². The number of thiazole rings is 1. The summed E-state index contributed by atoms with van der Waals surface area (Å²) in [7, 11) is 0. The lowest BCUT2D eigenvalue weighted by Crippen LogP contribution is -2.48. The van der Waals surface area contributed by atoms with Crippen molar-refractivity contribution in [3.05, 3.63) is 51.5 Å². The lowest BCUT2D eigenvalue weighted by molar-refractivity contribution is -0.144. The van der Waals surface area contributed by atoms with Crippen LogP contribution in [-0.4, -0.2) is 71.1 Å². The number of carbonyl (C=O) groups is 2. The number of hydrogen-bond acceptors (Lipinski definition) is 10. The number of hydrogen-bond donors (Lipinski definition) is 2. The fourth-order valence-corrected chi connectivity index (χ4v) is 5.18. The summed E-state index contributed by atoms with van der Waals surface area (Å²) < 4.78 is 18.9. The van der Waals surface area contributed by atoms with Gasteiger partial charge >= 0.3 is 5.97 Å². The molecule has 2 N–H and O–H groups in total. The Kier molecular flexibility index (Phi) is 9.31. The number of halogens is 2. The van der Waals surface area contributed by atoms with Crippen LogP contribution in [0.25, 0.3) is 0 Å². The molecular formula is C26H31ClFN7O3S. The van der Waals surface area contributed by atoms with Crippen LogP contribution in [-0.2, 0) is 9.53 Å². The van der Waals surface area contributed by atoms with Crippen molar-refractivity contribution >= 4 is 57.3 Å². The van der Waals surface area contributed by atoms with Crippen molar-refractivity contribution in [2.45, 2.75) is 33.6 Å². The molecule has 2 aromatic heterocycles. The Morgan fingerprint density at radius 3 is 2.62 bits per heavy atom. The number of nitrogens with zero attached hydrogens (tertiary/aromatic N) is 5. The van der Waals surface area contributed by atoms with Crippen LogP contribution in [0.2, 0.25) is 5.02 Å². The quantitative estimate of drug-likeness (QED) is 0.346. The summed E-state index contributed by atoms with van der Waals surface area (Å²) in [5.41, 5.74) is 1.00. The van der Waals surface area contributed by atoms with Gasteiger partial charge in [0.15, 0.2) is 5.13 Å². The zero-order chi connectivity index (χ0) is 28.1. The maximum atomic E-state index is 13.9. The molecule has 0 unspecified atom stereocenters. The second-order valence-corrected chi connectivity index (χ2v) is 10.8. The second-order valence-electron chi connectivity index (χ2n) is 9.34. The maximum Gasteiger partial charge on any atom is 0.320 e. The van der Waals surface area contributed by atoms with Crippen LogP contribution in [0, 0.1) is 12.7 Å². The van der Waals surface area contributed by atoms with Crippen LogP contribution in [0.15, 0.2) is 24.4 Å². The molecule has 1 aromatic carbocycles. The van der Waals surface area contributed by atoms with Gasteiger partial charge in [-0.2, -0.15) is 0 Å². The molecule has 39 heavy (non-hydrogen) atoms. The first-order valence-corrected chi connectivity index (χ1v) is 13.8. The molecule has 1 fully saturated rings. The van der Waals surface area contributed by atoms with Gasteiger partial charge in [0.2, 0.25) is 0 Å². The molecule has 0 bridgehead atoms. The Morgan fingerprint density at radius 2 is 1.92 bits per heavy atom. The Morgan fingerprint density at radius 1 is 1.18 bits per heavy atom. The van der Waals surface area contributed by atoms with E-state index < -0.39 is 11.7 Å². The monoisotopic (exact) mass is 575 g/mol. The summed E-state index contributed by atoms with van der Waals surface area (Å²) in [4.78, 5) is 42.6. The van der Waals surface area contributed by atoms with Gasteiger partial charge in [0.05, 0.1) is 30.1 Å². The number of benzene rings is 1. The summed E-state index contributed by atoms with van der Waals surface area (Å²) in [5.74, 6) is 0.806. The first-order valence-electron chi connectivity index (χ1n) is 12.6. The molecule has 1 saturated heterocycles. The van der Waals surface area contributed by atoms with Crippen LogP contribution in [0.4, 0.5) is 26.8 Å². The van der Waals surface area contributed by atoms with E-state index in [9.17, 15) is 14.0 Å². The van der Waals surface area contributed by atoms with Gasteiger partial charge in [-0.25, -0.2) is 19.3 Å². The maximum absolute atomic E-state index is 13.9. The minimum Gasteiger partial charge on any atom is -0.465 e. The van der Waals surface area contributed by atoms with Gasteiger partial charge in [-0.1, -0.05) is 36.8 Å². The first-order chi connectivity index (χ1) is 18.6. The molecule has 3 heterocycles. The normalized spacial score (nSPS) is 14.0. The van der Waals surface area contributed by atoms with E-state index in [1.54, 1.807) is 6.92 Å². The van der Waals surface area contributed by atoms with Crippen LogP contribution < -0.4 is 15.5 Å². The predicted molar refractivity (Wildman–Crippen MR) is 151 cm³/mol. The highest BCUT2D eigenvalue weighted by Gasteiger charge is 2.22. The predicted octanol–water partition coefficient (Wildman–Crippen LogP) is 4.84. The molecule has 13 heteroatoms. The van der Waals surface area contributed by atoms with Crippen molar-refractivity contribution in [3.8, 4) is 0 Å². The van der Waals surface area contributed by atoms with E-state index in [2.05, 4.69) is 35.4 Å². The first kappa shape index (κ1) is 28.7. The topological polar surface area (TPSA) is 113 Å². The van der Waals surface area contributed by atoms with Gasteiger partial charge < -0.3 is 20.3 Å². The third kappa shape index (κ3) is 7.40. The average molecular weight is 576 g/mol. The van der Waals surface area contributed by atoms with Gasteiger partial charge in [-0.15, -0.1) is 0 Å². The molecule has 10 nitrogen and oxygen atoms in total. The summed E-state index contributed by atoms with van der Waals surface area (Å²) in [5, 5.41) is 6.59. The number of rotatable bonds is 9. The van der Waals surface area contributed by atoms with E-state index in [0.717, 1.165) is 17.2 Å². The Bertz CT molecular complexity index is 1350. The zero-order valence-corrected chi connectivity index (χ0v) is 23.8. The molecule has 0 saturated carbocycles. The van der Waals surface area contributed by atoms with Crippen LogP contribution in [0.5, 0.6) is 0 Å². The van der Waals surface area contributed by atoms with E-state index in [-0.39, 0.29) is 23.5 Å². The molecule has 1 aliphatic rings. The van der Waals surface area contributed by atoms with E-state index in [1.807, 2.05) is 26.8 Å². The summed E-state index contributed by atoms with van der Waals surface area (Å²) in [6, 6.07) is 4.39. The fourth-order valence-electron chi connectivity index (χ4n) is 4.20. The number of amides is 1. The van der Waals surface area contributed by atoms with Crippen molar-refractivity contribution in [3.63, 3.8) is 0 Å². The molecule has 4 rings (SSSR count). The van der Waals surface area contributed by atoms with E-state index >= 15 is 0 Å². The molecule has 0 atom stereocenters. The molecule has 208 valence electrons. The van der Waals surface area contributed by atoms with E-state index in [1.165, 1.54) is 18.3 Å². The summed E-state index contributed by atoms with van der Waals surface area (Å²) in [6.45, 7) is 10.9. The van der Waals surface area contributed by atoms with Gasteiger partial charge in [0.1, 0.15) is 28.2 Å². The van der Waals surface area contributed by atoms with Gasteiger partial charge in [0.25, 0.3) is 5.91 Å². The summed E-state index contributed by atoms with van der Waals surface area (Å²) in [6.07, 6.45) is 1.46. The van der Waals surface area contributed by atoms with Crippen LogP contribution >= 0.6 is 22.9 Å². The van der Waals surface area contributed by atoms with E-state index in [4.69, 9.17) is 16.3 Å². The molecule has 1 amide bonds. The molecular weight excluding hydrogens is 545 g/mol. The molecule has 0 spiro atoms. The smallest absolute Gasteiger partial charge is 0.320 e. The number of carbonyl (C=O) groups excluding carboxylic acids is 2. The zero-order valence-electron chi connectivity index (χ0n) is 22.3. The van der Waals surface area contributed by atoms with Crippen LogP contribution in [0.1, 0.15) is 47.7 Å². The number of esters is 1. The number of anilines is 4. The molecule has 3 aromatic rings. The third-order valence-corrected chi connectivity index (χ3v) is 7.30. The Balaban J connectivity index is 1.41. The van der Waals surface area contributed by atoms with Gasteiger partial charge in [-0.3, -0.25) is 14.5 Å². The highest BCUT2D eigenvalue weighted by molar-refractivity contribution is 7.17. The van der Waals surface area contributed by atoms with E-state index in [0.29, 0.717) is 65.7 Å². The standard InChI is InChI=1S/C26H31ClFN7O3S/c1-5-38-23(36)14-34-6-8-35(9-7-34)22-12-21(30-16(4)31-22)32-26-29-13-20(39-26)25(37)33-24-18(15(2)3)10-17(28)11-19(24)27/h10-13,15H,5-9,14H2,1-4H3,(H,33,37)(H,29,30,31,32). The van der Waals surface area contributed by atoms with Crippen molar-refractivity contribution in [1.82, 2.24) is 19.9 Å². The van der Waals surface area contributed by atoms with Crippen molar-refractivity contribution < 1.29 is 18.7 Å². The molecule has 0 radical (unpaired) electrons. The largest absolute Gasteiger partial charge is 0.465 e. The van der Waals surface area contributed by atoms with Crippen molar-refractivity contribution in [2.24, 2.45) is 0 Å². The lowest BCUT2D eigenvalue weighted by Gasteiger charge is -2.34. The number of piperazine rings is 1. The third-order valence-electron chi connectivity index (χ3n) is 6.09. The molecule has 1 aliphatic heterocycles. The number of aromatic nitrogens is 3. The van der Waals surface area contributed by atoms with Crippen molar-refractivity contribution in [2.75, 3.05) is 54.9 Å². The number of ether oxygens (including phenoxy) is 1.